The van der Waals surface area contributed by atoms with Crippen LogP contribution in [-0.4, -0.2) is 27.3 Å². The summed E-state index contributed by atoms with van der Waals surface area (Å²) >= 11 is 0. The molecule has 0 saturated heterocycles. The molecule has 2 aliphatic carbocycles. The van der Waals surface area contributed by atoms with E-state index >= 15 is 0 Å². The molecule has 1 atom stereocenters. The van der Waals surface area contributed by atoms with E-state index in [9.17, 15) is 31.1 Å². The molecule has 1 aromatic heterocycles. The van der Waals surface area contributed by atoms with Gasteiger partial charge in [-0.3, -0.25) is 10.1 Å². The standard InChI is InChI=1S/C19H16F6N4O/c1-17(4-3-5-17)29-15-13(21)11(26-2)7-10(20)14(15)28-16(29)27-12(30)6-9-8-18(22,23)19(9,24)25/h7,9H,3-6,8H2,1H3,(H,27,28,30). The number of halogens is 6. The fourth-order valence-corrected chi connectivity index (χ4v) is 4.11. The summed E-state index contributed by atoms with van der Waals surface area (Å²) in [4.78, 5) is 19.2. The second-order valence-electron chi connectivity index (χ2n) is 8.10. The summed E-state index contributed by atoms with van der Waals surface area (Å²) in [6.45, 7) is 8.75. The van der Waals surface area contributed by atoms with Gasteiger partial charge in [-0.25, -0.2) is 18.6 Å². The molecular weight excluding hydrogens is 414 g/mol. The van der Waals surface area contributed by atoms with Gasteiger partial charge >= 0.3 is 11.8 Å². The number of carbonyl (C=O) groups excluding carboxylic acids is 1. The molecular formula is C19H16F6N4O. The number of nitrogens with zero attached hydrogens (tertiary/aromatic N) is 3. The Balaban J connectivity index is 1.72. The van der Waals surface area contributed by atoms with Crippen LogP contribution in [0.25, 0.3) is 15.9 Å². The maximum Gasteiger partial charge on any atom is 0.313 e. The molecule has 0 spiro atoms. The number of amides is 1. The minimum Gasteiger partial charge on any atom is -0.303 e. The molecule has 1 amide bonds. The average molecular weight is 430 g/mol. The molecule has 2 aromatic rings. The number of imidazole rings is 1. The van der Waals surface area contributed by atoms with Crippen LogP contribution in [0.5, 0.6) is 0 Å². The van der Waals surface area contributed by atoms with E-state index in [2.05, 4.69) is 15.1 Å². The van der Waals surface area contributed by atoms with Crippen LogP contribution in [-0.2, 0) is 10.3 Å². The summed E-state index contributed by atoms with van der Waals surface area (Å²) in [5.74, 6) is -13.6. The normalized spacial score (nSPS) is 23.3. The Kier molecular flexibility index (Phi) is 4.35. The molecule has 2 aliphatic rings. The zero-order valence-electron chi connectivity index (χ0n) is 15.7. The largest absolute Gasteiger partial charge is 0.313 e. The number of carbonyl (C=O) groups is 1. The molecule has 4 rings (SSSR count). The Morgan fingerprint density at radius 2 is 2.00 bits per heavy atom. The van der Waals surface area contributed by atoms with Gasteiger partial charge in [-0.15, -0.1) is 0 Å². The van der Waals surface area contributed by atoms with Crippen molar-refractivity contribution in [2.24, 2.45) is 5.92 Å². The van der Waals surface area contributed by atoms with Gasteiger partial charge in [-0.05, 0) is 32.3 Å². The molecule has 1 aromatic carbocycles. The van der Waals surface area contributed by atoms with E-state index in [0.29, 0.717) is 18.9 Å². The van der Waals surface area contributed by atoms with Gasteiger partial charge in [0, 0.05) is 24.3 Å². The zero-order chi connectivity index (χ0) is 22.1. The molecule has 1 heterocycles. The highest BCUT2D eigenvalue weighted by Crippen LogP contribution is 2.56. The molecule has 2 saturated carbocycles. The van der Waals surface area contributed by atoms with Crippen molar-refractivity contribution in [2.75, 3.05) is 5.32 Å². The zero-order valence-corrected chi connectivity index (χ0v) is 15.7. The van der Waals surface area contributed by atoms with Crippen molar-refractivity contribution < 1.29 is 31.1 Å². The van der Waals surface area contributed by atoms with Crippen LogP contribution in [0.15, 0.2) is 6.07 Å². The number of anilines is 1. The first kappa shape index (κ1) is 20.5. The van der Waals surface area contributed by atoms with E-state index in [4.69, 9.17) is 6.57 Å². The third-order valence-electron chi connectivity index (χ3n) is 6.08. The predicted molar refractivity (Wildman–Crippen MR) is 94.7 cm³/mol. The third-order valence-corrected chi connectivity index (χ3v) is 6.08. The second kappa shape index (κ2) is 6.36. The minimum atomic E-state index is -4.30. The number of aromatic nitrogens is 2. The van der Waals surface area contributed by atoms with Gasteiger partial charge in [0.2, 0.25) is 17.5 Å². The SMILES string of the molecule is [C-]#[N+]c1cc(F)c2nc(NC(=O)CC3CC(F)(F)C3(F)F)n(C3(C)CCC3)c2c1F. The van der Waals surface area contributed by atoms with Gasteiger partial charge in [-0.2, -0.15) is 17.6 Å². The van der Waals surface area contributed by atoms with Crippen LogP contribution in [0, 0.1) is 24.1 Å². The fourth-order valence-electron chi connectivity index (χ4n) is 4.11. The maximum absolute atomic E-state index is 14.9. The molecule has 2 fully saturated rings. The molecule has 0 aliphatic heterocycles. The summed E-state index contributed by atoms with van der Waals surface area (Å²) in [5.41, 5.74) is -2.01. The van der Waals surface area contributed by atoms with Crippen molar-refractivity contribution >= 4 is 28.6 Å². The van der Waals surface area contributed by atoms with E-state index in [1.165, 1.54) is 4.57 Å². The van der Waals surface area contributed by atoms with Gasteiger partial charge in [0.15, 0.2) is 5.82 Å². The van der Waals surface area contributed by atoms with Crippen LogP contribution in [0.4, 0.5) is 38.0 Å². The van der Waals surface area contributed by atoms with Gasteiger partial charge < -0.3 is 4.57 Å². The Bertz CT molecular complexity index is 1100. The third kappa shape index (κ3) is 2.76. The van der Waals surface area contributed by atoms with E-state index in [-0.39, 0.29) is 11.5 Å². The molecule has 0 radical (unpaired) electrons. The molecule has 5 nitrogen and oxygen atoms in total. The highest BCUT2D eigenvalue weighted by molar-refractivity contribution is 5.93. The lowest BCUT2D eigenvalue weighted by molar-refractivity contribution is -0.313. The van der Waals surface area contributed by atoms with Gasteiger partial charge in [0.05, 0.1) is 12.1 Å². The summed E-state index contributed by atoms with van der Waals surface area (Å²) in [7, 11) is 0. The molecule has 1 unspecified atom stereocenters. The van der Waals surface area contributed by atoms with Crippen molar-refractivity contribution in [3.05, 3.63) is 29.1 Å². The summed E-state index contributed by atoms with van der Waals surface area (Å²) in [5, 5.41) is 2.25. The first-order valence-corrected chi connectivity index (χ1v) is 9.25. The number of rotatable bonds is 4. The van der Waals surface area contributed by atoms with Crippen molar-refractivity contribution in [1.82, 2.24) is 9.55 Å². The van der Waals surface area contributed by atoms with Crippen molar-refractivity contribution in [1.29, 1.82) is 0 Å². The van der Waals surface area contributed by atoms with E-state index in [1.807, 2.05) is 0 Å². The lowest BCUT2D eigenvalue weighted by Gasteiger charge is -2.43. The van der Waals surface area contributed by atoms with Gasteiger partial charge in [-0.1, -0.05) is 0 Å². The Labute approximate surface area is 166 Å². The van der Waals surface area contributed by atoms with E-state index < -0.39 is 64.9 Å². The van der Waals surface area contributed by atoms with Crippen LogP contribution >= 0.6 is 0 Å². The number of nitrogens with one attached hydrogen (secondary N) is 1. The van der Waals surface area contributed by atoms with Gasteiger partial charge in [0.25, 0.3) is 0 Å². The Morgan fingerprint density at radius 1 is 1.33 bits per heavy atom. The highest BCUT2D eigenvalue weighted by Gasteiger charge is 2.71. The number of benzene rings is 1. The lowest BCUT2D eigenvalue weighted by atomic mass is 9.74. The molecule has 160 valence electrons. The van der Waals surface area contributed by atoms with Crippen LogP contribution in [0.1, 0.15) is 39.0 Å². The minimum absolute atomic E-state index is 0.272. The van der Waals surface area contributed by atoms with Crippen molar-refractivity contribution in [3.8, 4) is 0 Å². The van der Waals surface area contributed by atoms with E-state index in [0.717, 1.165) is 6.42 Å². The quantitative estimate of drug-likeness (QED) is 0.523. The van der Waals surface area contributed by atoms with Crippen LogP contribution < -0.4 is 5.32 Å². The number of hydrogen-bond donors (Lipinski definition) is 1. The molecule has 1 N–H and O–H groups in total. The maximum atomic E-state index is 14.9. The van der Waals surface area contributed by atoms with Crippen molar-refractivity contribution in [2.45, 2.75) is 56.4 Å². The van der Waals surface area contributed by atoms with Crippen LogP contribution in [0.2, 0.25) is 0 Å². The molecule has 30 heavy (non-hydrogen) atoms. The summed E-state index contributed by atoms with van der Waals surface area (Å²) in [6, 6.07) is 0.688. The first-order valence-electron chi connectivity index (χ1n) is 9.25. The highest BCUT2D eigenvalue weighted by atomic mass is 19.3. The summed E-state index contributed by atoms with van der Waals surface area (Å²) in [6.07, 6.45) is -0.130. The average Bonchev–Trinajstić information content (AvgIpc) is 3.02. The van der Waals surface area contributed by atoms with Crippen LogP contribution in [0.3, 0.4) is 0 Å². The number of fused-ring (bicyclic) bond motifs is 1. The van der Waals surface area contributed by atoms with E-state index in [1.54, 1.807) is 6.92 Å². The molecule has 0 bridgehead atoms. The Morgan fingerprint density at radius 3 is 2.50 bits per heavy atom. The topological polar surface area (TPSA) is 51.3 Å². The monoisotopic (exact) mass is 430 g/mol. The fraction of sp³-hybridized carbons (Fsp3) is 0.526. The molecule has 11 heteroatoms. The predicted octanol–water partition coefficient (Wildman–Crippen LogP) is 5.38. The lowest BCUT2D eigenvalue weighted by Crippen LogP contribution is -2.59. The van der Waals surface area contributed by atoms with Gasteiger partial charge in [0.1, 0.15) is 11.3 Å². The van der Waals surface area contributed by atoms with Crippen molar-refractivity contribution in [3.63, 3.8) is 0 Å². The Hall–Kier alpha value is -2.77. The first-order chi connectivity index (χ1) is 13.9. The number of alkyl halides is 4. The summed E-state index contributed by atoms with van der Waals surface area (Å²) < 4.78 is 83.6. The smallest absolute Gasteiger partial charge is 0.303 e. The second-order valence-corrected chi connectivity index (χ2v) is 8.10. The number of hydrogen-bond acceptors (Lipinski definition) is 2.